The predicted octanol–water partition coefficient (Wildman–Crippen LogP) is 2.43. The monoisotopic (exact) mass is 233 g/mol. The third-order valence-electron chi connectivity index (χ3n) is 3.16. The van der Waals surface area contributed by atoms with Crippen LogP contribution in [0.15, 0.2) is 30.3 Å². The highest BCUT2D eigenvalue weighted by atomic mass is 16.5. The van der Waals surface area contributed by atoms with Gasteiger partial charge in [-0.05, 0) is 31.7 Å². The Morgan fingerprint density at radius 3 is 2.82 bits per heavy atom. The average molecular weight is 233 g/mol. The van der Waals surface area contributed by atoms with Gasteiger partial charge < -0.3 is 4.74 Å². The molecule has 0 spiro atoms. The smallest absolute Gasteiger partial charge is 0.323 e. The minimum absolute atomic E-state index is 0.117. The molecule has 2 atom stereocenters. The van der Waals surface area contributed by atoms with Gasteiger partial charge in [0.15, 0.2) is 0 Å². The second kappa shape index (κ2) is 5.82. The van der Waals surface area contributed by atoms with Crippen molar-refractivity contribution >= 4 is 5.97 Å². The van der Waals surface area contributed by atoms with Crippen molar-refractivity contribution in [2.45, 2.75) is 38.3 Å². The van der Waals surface area contributed by atoms with Crippen molar-refractivity contribution in [3.05, 3.63) is 35.9 Å². The zero-order valence-corrected chi connectivity index (χ0v) is 10.2. The topological polar surface area (TPSA) is 38.3 Å². The van der Waals surface area contributed by atoms with Gasteiger partial charge in [0.25, 0.3) is 0 Å². The lowest BCUT2D eigenvalue weighted by atomic mass is 9.93. The molecule has 0 bridgehead atoms. The van der Waals surface area contributed by atoms with E-state index in [1.54, 1.807) is 0 Å². The van der Waals surface area contributed by atoms with E-state index in [0.717, 1.165) is 19.3 Å². The van der Waals surface area contributed by atoms with Crippen LogP contribution < -0.4 is 5.32 Å². The molecule has 1 fully saturated rings. The summed E-state index contributed by atoms with van der Waals surface area (Å²) < 4.78 is 5.06. The summed E-state index contributed by atoms with van der Waals surface area (Å²) in [4.78, 5) is 11.7. The van der Waals surface area contributed by atoms with Gasteiger partial charge in [0.1, 0.15) is 6.04 Å². The van der Waals surface area contributed by atoms with Gasteiger partial charge >= 0.3 is 5.97 Å². The predicted molar refractivity (Wildman–Crippen MR) is 66.6 cm³/mol. The number of rotatable bonds is 3. The van der Waals surface area contributed by atoms with Gasteiger partial charge in [-0.25, -0.2) is 0 Å². The molecule has 1 heterocycles. The van der Waals surface area contributed by atoms with Crippen LogP contribution in [0.5, 0.6) is 0 Å². The molecule has 1 aromatic carbocycles. The molecule has 1 saturated heterocycles. The lowest BCUT2D eigenvalue weighted by Gasteiger charge is -2.29. The molecule has 2 rings (SSSR count). The fourth-order valence-corrected chi connectivity index (χ4v) is 2.31. The fraction of sp³-hybridized carbons (Fsp3) is 0.500. The molecule has 3 heteroatoms. The van der Waals surface area contributed by atoms with Crippen molar-refractivity contribution in [2.24, 2.45) is 0 Å². The SMILES string of the molecule is CCOC(=O)[C@@H]1CCC[C@@H](c2ccccc2)N1. The lowest BCUT2D eigenvalue weighted by molar-refractivity contribution is -0.146. The zero-order chi connectivity index (χ0) is 12.1. The summed E-state index contributed by atoms with van der Waals surface area (Å²) in [5.74, 6) is -0.117. The van der Waals surface area contributed by atoms with E-state index in [1.807, 2.05) is 25.1 Å². The van der Waals surface area contributed by atoms with E-state index in [2.05, 4.69) is 17.4 Å². The maximum Gasteiger partial charge on any atom is 0.323 e. The molecule has 0 aliphatic carbocycles. The molecule has 92 valence electrons. The maximum absolute atomic E-state index is 11.7. The molecule has 0 saturated carbocycles. The first-order chi connectivity index (χ1) is 8.31. The van der Waals surface area contributed by atoms with E-state index in [1.165, 1.54) is 5.56 Å². The van der Waals surface area contributed by atoms with Crippen LogP contribution in [0.3, 0.4) is 0 Å². The summed E-state index contributed by atoms with van der Waals surface area (Å²) in [6, 6.07) is 10.4. The number of hydrogen-bond acceptors (Lipinski definition) is 3. The first kappa shape index (κ1) is 12.1. The minimum atomic E-state index is -0.145. The summed E-state index contributed by atoms with van der Waals surface area (Å²) in [6.07, 6.45) is 3.03. The van der Waals surface area contributed by atoms with Crippen LogP contribution in [0.4, 0.5) is 0 Å². The summed E-state index contributed by atoms with van der Waals surface area (Å²) in [5, 5.41) is 3.38. The summed E-state index contributed by atoms with van der Waals surface area (Å²) in [5.41, 5.74) is 1.25. The summed E-state index contributed by atoms with van der Waals surface area (Å²) in [7, 11) is 0. The molecule has 0 amide bonds. The van der Waals surface area contributed by atoms with Crippen LogP contribution in [0, 0.1) is 0 Å². The van der Waals surface area contributed by atoms with E-state index < -0.39 is 0 Å². The lowest BCUT2D eigenvalue weighted by Crippen LogP contribution is -2.43. The van der Waals surface area contributed by atoms with Crippen molar-refractivity contribution < 1.29 is 9.53 Å². The zero-order valence-electron chi connectivity index (χ0n) is 10.2. The molecule has 1 aliphatic rings. The molecule has 0 radical (unpaired) electrons. The van der Waals surface area contributed by atoms with Crippen LogP contribution in [0.2, 0.25) is 0 Å². The van der Waals surface area contributed by atoms with Crippen molar-refractivity contribution in [1.29, 1.82) is 0 Å². The van der Waals surface area contributed by atoms with Crippen molar-refractivity contribution in [3.63, 3.8) is 0 Å². The number of benzene rings is 1. The second-order valence-corrected chi connectivity index (χ2v) is 4.37. The molecule has 3 nitrogen and oxygen atoms in total. The van der Waals surface area contributed by atoms with Crippen LogP contribution in [0.25, 0.3) is 0 Å². The number of nitrogens with one attached hydrogen (secondary N) is 1. The Kier molecular flexibility index (Phi) is 4.15. The molecule has 0 unspecified atom stereocenters. The van der Waals surface area contributed by atoms with E-state index in [9.17, 15) is 4.79 Å². The molecule has 1 aromatic rings. The second-order valence-electron chi connectivity index (χ2n) is 4.37. The molecule has 0 aromatic heterocycles. The third kappa shape index (κ3) is 3.07. The molecule has 1 N–H and O–H groups in total. The third-order valence-corrected chi connectivity index (χ3v) is 3.16. The number of esters is 1. The Bertz CT molecular complexity index is 364. The Hall–Kier alpha value is -1.35. The fourth-order valence-electron chi connectivity index (χ4n) is 2.31. The highest BCUT2D eigenvalue weighted by Gasteiger charge is 2.27. The molecular weight excluding hydrogens is 214 g/mol. The normalized spacial score (nSPS) is 24.3. The van der Waals surface area contributed by atoms with Crippen LogP contribution in [0.1, 0.15) is 37.8 Å². The van der Waals surface area contributed by atoms with Gasteiger partial charge in [-0.3, -0.25) is 10.1 Å². The Labute approximate surface area is 102 Å². The summed E-state index contributed by atoms with van der Waals surface area (Å²) >= 11 is 0. The molecular formula is C14H19NO2. The van der Waals surface area contributed by atoms with Gasteiger partial charge in [0, 0.05) is 6.04 Å². The largest absolute Gasteiger partial charge is 0.465 e. The first-order valence-electron chi connectivity index (χ1n) is 6.29. The molecule has 17 heavy (non-hydrogen) atoms. The standard InChI is InChI=1S/C14H19NO2/c1-2-17-14(16)13-10-6-9-12(15-13)11-7-4-3-5-8-11/h3-5,7-8,12-13,15H,2,6,9-10H2,1H3/t12-,13-/m0/s1. The molecule has 1 aliphatic heterocycles. The Morgan fingerprint density at radius 1 is 1.35 bits per heavy atom. The van der Waals surface area contributed by atoms with Gasteiger partial charge in [-0.1, -0.05) is 30.3 Å². The van der Waals surface area contributed by atoms with Gasteiger partial charge in [0.05, 0.1) is 6.61 Å². The Balaban J connectivity index is 2.00. The van der Waals surface area contributed by atoms with E-state index >= 15 is 0 Å². The highest BCUT2D eigenvalue weighted by molar-refractivity contribution is 5.75. The number of carbonyl (C=O) groups excluding carboxylic acids is 1. The van der Waals surface area contributed by atoms with E-state index in [4.69, 9.17) is 4.74 Å². The van der Waals surface area contributed by atoms with Crippen LogP contribution >= 0.6 is 0 Å². The van der Waals surface area contributed by atoms with Gasteiger partial charge in [-0.2, -0.15) is 0 Å². The van der Waals surface area contributed by atoms with Crippen LogP contribution in [-0.4, -0.2) is 18.6 Å². The van der Waals surface area contributed by atoms with Gasteiger partial charge in [0.2, 0.25) is 0 Å². The minimum Gasteiger partial charge on any atom is -0.465 e. The van der Waals surface area contributed by atoms with Crippen molar-refractivity contribution in [1.82, 2.24) is 5.32 Å². The average Bonchev–Trinajstić information content (AvgIpc) is 2.40. The number of hydrogen-bond donors (Lipinski definition) is 1. The van der Waals surface area contributed by atoms with Crippen molar-refractivity contribution in [2.75, 3.05) is 6.61 Å². The number of carbonyl (C=O) groups is 1. The highest BCUT2D eigenvalue weighted by Crippen LogP contribution is 2.25. The Morgan fingerprint density at radius 2 is 2.12 bits per heavy atom. The number of piperidine rings is 1. The van der Waals surface area contributed by atoms with Gasteiger partial charge in [-0.15, -0.1) is 0 Å². The van der Waals surface area contributed by atoms with E-state index in [-0.39, 0.29) is 18.1 Å². The maximum atomic E-state index is 11.7. The summed E-state index contributed by atoms with van der Waals surface area (Å²) in [6.45, 7) is 2.29. The van der Waals surface area contributed by atoms with E-state index in [0.29, 0.717) is 6.61 Å². The van der Waals surface area contributed by atoms with Crippen molar-refractivity contribution in [3.8, 4) is 0 Å². The number of ether oxygens (including phenoxy) is 1. The first-order valence-corrected chi connectivity index (χ1v) is 6.29. The van der Waals surface area contributed by atoms with Crippen LogP contribution in [-0.2, 0) is 9.53 Å². The quantitative estimate of drug-likeness (QED) is 0.815.